The third-order valence-corrected chi connectivity index (χ3v) is 8.00. The maximum atomic E-state index is 12.4. The Kier molecular flexibility index (Phi) is 17.7. The second-order valence-electron chi connectivity index (χ2n) is 11.6. The Labute approximate surface area is 254 Å². The molecule has 252 valence electrons. The molecule has 13 nitrogen and oxygen atoms in total. The highest BCUT2D eigenvalue weighted by atomic mass is 16.8. The fraction of sp³-hybridized carbons (Fsp3) is 0.900. The lowest BCUT2D eigenvalue weighted by atomic mass is 9.99. The van der Waals surface area contributed by atoms with Crippen LogP contribution in [0.3, 0.4) is 0 Å². The number of carbonyl (C=O) groups excluding carboxylic acids is 1. The van der Waals surface area contributed by atoms with Crippen molar-refractivity contribution in [2.75, 3.05) is 19.8 Å². The summed E-state index contributed by atoms with van der Waals surface area (Å²) < 4.78 is 21.7. The summed E-state index contributed by atoms with van der Waals surface area (Å²) >= 11 is 0. The molecule has 10 atom stereocenters. The van der Waals surface area contributed by atoms with Crippen LogP contribution in [0.15, 0.2) is 12.2 Å². The minimum atomic E-state index is -2.27. The molecule has 13 heteroatoms. The van der Waals surface area contributed by atoms with Crippen LogP contribution in [-0.4, -0.2) is 128 Å². The van der Waals surface area contributed by atoms with Crippen LogP contribution in [0.25, 0.3) is 0 Å². The van der Waals surface area contributed by atoms with Gasteiger partial charge in [0.25, 0.3) is 0 Å². The molecule has 2 heterocycles. The van der Waals surface area contributed by atoms with E-state index >= 15 is 0 Å². The van der Waals surface area contributed by atoms with E-state index in [-0.39, 0.29) is 12.5 Å². The van der Waals surface area contributed by atoms with Gasteiger partial charge in [0, 0.05) is 6.42 Å². The van der Waals surface area contributed by atoms with Crippen molar-refractivity contribution >= 4 is 5.97 Å². The molecule has 0 aliphatic carbocycles. The molecular weight excluding hydrogens is 568 g/mol. The monoisotopic (exact) mass is 622 g/mol. The van der Waals surface area contributed by atoms with Crippen molar-refractivity contribution in [3.8, 4) is 0 Å². The molecule has 0 radical (unpaired) electrons. The molecule has 0 amide bonds. The summed E-state index contributed by atoms with van der Waals surface area (Å²) in [5.41, 5.74) is 0. The number of esters is 1. The Morgan fingerprint density at radius 3 is 2.19 bits per heavy atom. The van der Waals surface area contributed by atoms with E-state index in [9.17, 15) is 45.6 Å². The number of aliphatic hydroxyl groups excluding tert-OH is 8. The lowest BCUT2D eigenvalue weighted by Gasteiger charge is -2.43. The molecule has 0 aromatic rings. The number of hydrogen-bond donors (Lipinski definition) is 8. The topological polar surface area (TPSA) is 216 Å². The molecule has 0 bridgehead atoms. The lowest BCUT2D eigenvalue weighted by Crippen LogP contribution is -2.62. The van der Waals surface area contributed by atoms with Gasteiger partial charge in [0.15, 0.2) is 6.29 Å². The molecule has 2 aliphatic heterocycles. The van der Waals surface area contributed by atoms with Gasteiger partial charge < -0.3 is 59.8 Å². The number of aliphatic hydroxyl groups is 8. The first kappa shape index (κ1) is 38.0. The first-order valence-corrected chi connectivity index (χ1v) is 15.7. The third kappa shape index (κ3) is 11.9. The van der Waals surface area contributed by atoms with Crippen LogP contribution in [0.2, 0.25) is 0 Å². The van der Waals surface area contributed by atoms with Crippen LogP contribution < -0.4 is 0 Å². The van der Waals surface area contributed by atoms with E-state index in [2.05, 4.69) is 13.0 Å². The standard InChI is InChI=1S/C30H54O13/c1-2-3-4-11-14-20(33)15-12-9-7-5-6-8-10-13-16-23(34)40-19-30(28(39)25(36)22(18-32)42-30)43-29-27(38)26(37)24(35)21(17-31)41-29/h9,12,20-22,24-29,31-33,35-39H,2-8,10-11,13-19H2,1H3/t20-,21-,22-,24-,25-,26+,27-,28+,29-,30+/m1/s1. The zero-order valence-electron chi connectivity index (χ0n) is 25.3. The Morgan fingerprint density at radius 1 is 0.837 bits per heavy atom. The fourth-order valence-corrected chi connectivity index (χ4v) is 5.23. The summed E-state index contributed by atoms with van der Waals surface area (Å²) in [6, 6.07) is 0. The molecule has 0 saturated carbocycles. The van der Waals surface area contributed by atoms with Gasteiger partial charge in [0.05, 0.1) is 19.3 Å². The van der Waals surface area contributed by atoms with Gasteiger partial charge in [-0.2, -0.15) is 0 Å². The minimum Gasteiger partial charge on any atom is -0.460 e. The van der Waals surface area contributed by atoms with E-state index in [1.807, 2.05) is 6.08 Å². The van der Waals surface area contributed by atoms with E-state index in [1.165, 1.54) is 19.3 Å². The Balaban J connectivity index is 1.73. The summed E-state index contributed by atoms with van der Waals surface area (Å²) in [4.78, 5) is 12.4. The molecule has 2 rings (SSSR count). The maximum absolute atomic E-state index is 12.4. The van der Waals surface area contributed by atoms with Crippen LogP contribution in [-0.2, 0) is 23.7 Å². The summed E-state index contributed by atoms with van der Waals surface area (Å²) in [5.74, 6) is -2.89. The average Bonchev–Trinajstić information content (AvgIpc) is 3.24. The number of carbonyl (C=O) groups is 1. The van der Waals surface area contributed by atoms with Crippen molar-refractivity contribution in [3.63, 3.8) is 0 Å². The molecule has 0 aromatic heterocycles. The summed E-state index contributed by atoms with van der Waals surface area (Å²) in [6.07, 6.45) is 2.23. The first-order chi connectivity index (χ1) is 20.6. The van der Waals surface area contributed by atoms with Gasteiger partial charge in [-0.05, 0) is 32.1 Å². The lowest BCUT2D eigenvalue weighted by molar-refractivity contribution is -0.383. The Morgan fingerprint density at radius 2 is 1.51 bits per heavy atom. The maximum Gasteiger partial charge on any atom is 0.305 e. The van der Waals surface area contributed by atoms with E-state index in [4.69, 9.17) is 18.9 Å². The zero-order valence-corrected chi connectivity index (χ0v) is 25.3. The van der Waals surface area contributed by atoms with Gasteiger partial charge in [0.1, 0.15) is 49.3 Å². The first-order valence-electron chi connectivity index (χ1n) is 15.7. The van der Waals surface area contributed by atoms with E-state index in [0.717, 1.165) is 44.9 Å². The Bertz CT molecular complexity index is 796. The molecule has 43 heavy (non-hydrogen) atoms. The van der Waals surface area contributed by atoms with E-state index in [1.54, 1.807) is 0 Å². The number of rotatable bonds is 21. The predicted octanol–water partition coefficient (Wildman–Crippen LogP) is 0.164. The van der Waals surface area contributed by atoms with E-state index in [0.29, 0.717) is 12.8 Å². The van der Waals surface area contributed by atoms with Crippen molar-refractivity contribution < 1.29 is 64.6 Å². The van der Waals surface area contributed by atoms with Gasteiger partial charge in [-0.1, -0.05) is 64.0 Å². The normalized spacial score (nSPS) is 33.7. The highest BCUT2D eigenvalue weighted by Gasteiger charge is 2.59. The van der Waals surface area contributed by atoms with Gasteiger partial charge in [-0.3, -0.25) is 4.79 Å². The van der Waals surface area contributed by atoms with Crippen LogP contribution in [0.4, 0.5) is 0 Å². The van der Waals surface area contributed by atoms with Crippen molar-refractivity contribution in [3.05, 3.63) is 12.2 Å². The summed E-state index contributed by atoms with van der Waals surface area (Å²) in [5, 5.41) is 80.4. The largest absolute Gasteiger partial charge is 0.460 e. The minimum absolute atomic E-state index is 0.0776. The quantitative estimate of drug-likeness (QED) is 0.0487. The second kappa shape index (κ2) is 20.0. The number of allylic oxidation sites excluding steroid dienone is 1. The van der Waals surface area contributed by atoms with E-state index < -0.39 is 80.6 Å². The van der Waals surface area contributed by atoms with Crippen LogP contribution in [0.5, 0.6) is 0 Å². The highest BCUT2D eigenvalue weighted by molar-refractivity contribution is 5.69. The molecule has 8 N–H and O–H groups in total. The van der Waals surface area contributed by atoms with Crippen molar-refractivity contribution in [2.24, 2.45) is 0 Å². The van der Waals surface area contributed by atoms with Gasteiger partial charge >= 0.3 is 5.97 Å². The molecule has 2 fully saturated rings. The zero-order chi connectivity index (χ0) is 31.8. The fourth-order valence-electron chi connectivity index (χ4n) is 5.23. The summed E-state index contributed by atoms with van der Waals surface area (Å²) in [6.45, 7) is 0.0113. The van der Waals surface area contributed by atoms with Gasteiger partial charge in [0.2, 0.25) is 5.79 Å². The molecule has 0 aromatic carbocycles. The van der Waals surface area contributed by atoms with Crippen LogP contribution in [0.1, 0.15) is 90.4 Å². The number of hydrogen-bond acceptors (Lipinski definition) is 13. The summed E-state index contributed by atoms with van der Waals surface area (Å²) in [7, 11) is 0. The SMILES string of the molecule is CCCCCC[C@@H](O)CC=CCCCCCCCC(=O)OC[C@@]1(O[C@H]2O[C@H](CO)[C@@H](O)[C@H](O)[C@H]2O)O[C@H](CO)[C@@H](O)[C@@H]1O. The molecule has 2 aliphatic rings. The molecule has 0 unspecified atom stereocenters. The molecule has 2 saturated heterocycles. The smallest absolute Gasteiger partial charge is 0.305 e. The average molecular weight is 623 g/mol. The van der Waals surface area contributed by atoms with Crippen molar-refractivity contribution in [1.82, 2.24) is 0 Å². The highest BCUT2D eigenvalue weighted by Crippen LogP contribution is 2.36. The van der Waals surface area contributed by atoms with Gasteiger partial charge in [-0.25, -0.2) is 0 Å². The van der Waals surface area contributed by atoms with Crippen LogP contribution in [0, 0.1) is 0 Å². The van der Waals surface area contributed by atoms with Gasteiger partial charge in [-0.15, -0.1) is 0 Å². The van der Waals surface area contributed by atoms with Crippen LogP contribution >= 0.6 is 0 Å². The predicted molar refractivity (Wildman–Crippen MR) is 153 cm³/mol. The number of ether oxygens (including phenoxy) is 4. The molecular formula is C30H54O13. The van der Waals surface area contributed by atoms with Crippen molar-refractivity contribution in [1.29, 1.82) is 0 Å². The molecule has 0 spiro atoms. The third-order valence-electron chi connectivity index (χ3n) is 8.00. The Hall–Kier alpha value is -1.23. The second-order valence-corrected chi connectivity index (χ2v) is 11.6. The number of unbranched alkanes of at least 4 members (excludes halogenated alkanes) is 8. The van der Waals surface area contributed by atoms with Crippen molar-refractivity contribution in [2.45, 2.75) is 151 Å².